The molecule has 2 atom stereocenters. The first-order valence-electron chi connectivity index (χ1n) is 6.17. The summed E-state index contributed by atoms with van der Waals surface area (Å²) in [5.41, 5.74) is 5.99. The molecule has 2 unspecified atom stereocenters. The second-order valence-corrected chi connectivity index (χ2v) is 5.39. The van der Waals surface area contributed by atoms with Crippen LogP contribution in [0.25, 0.3) is 0 Å². The molecule has 0 bridgehead atoms. The van der Waals surface area contributed by atoms with E-state index < -0.39 is 5.60 Å². The molecule has 17 heavy (non-hydrogen) atoms. The van der Waals surface area contributed by atoms with Gasteiger partial charge >= 0.3 is 0 Å². The van der Waals surface area contributed by atoms with Crippen LogP contribution in [-0.4, -0.2) is 27.0 Å². The minimum absolute atomic E-state index is 0.287. The summed E-state index contributed by atoms with van der Waals surface area (Å²) < 4.78 is 1.90. The predicted octanol–water partition coefficient (Wildman–Crippen LogP) is 1.72. The first-order chi connectivity index (χ1) is 8.07. The minimum Gasteiger partial charge on any atom is -0.388 e. The van der Waals surface area contributed by atoms with Gasteiger partial charge in [0.05, 0.1) is 22.5 Å². The van der Waals surface area contributed by atoms with E-state index in [4.69, 9.17) is 17.3 Å². The fourth-order valence-electron chi connectivity index (χ4n) is 2.74. The Kier molecular flexibility index (Phi) is 3.76. The Morgan fingerprint density at radius 2 is 2.47 bits per heavy atom. The molecule has 1 saturated carbocycles. The molecule has 0 aliphatic heterocycles. The lowest BCUT2D eigenvalue weighted by Crippen LogP contribution is -2.41. The number of aryl methyl sites for hydroxylation is 1. The lowest BCUT2D eigenvalue weighted by atomic mass is 9.88. The molecule has 1 aromatic rings. The van der Waals surface area contributed by atoms with Crippen LogP contribution in [-0.2, 0) is 6.54 Å². The monoisotopic (exact) mass is 257 g/mol. The van der Waals surface area contributed by atoms with Crippen LogP contribution in [0.15, 0.2) is 6.20 Å². The van der Waals surface area contributed by atoms with Gasteiger partial charge in [0.2, 0.25) is 0 Å². The van der Waals surface area contributed by atoms with E-state index in [1.165, 1.54) is 0 Å². The van der Waals surface area contributed by atoms with Crippen LogP contribution in [0.4, 0.5) is 0 Å². The van der Waals surface area contributed by atoms with Gasteiger partial charge in [-0.2, -0.15) is 5.10 Å². The normalized spacial score (nSPS) is 28.8. The molecule has 3 N–H and O–H groups in total. The zero-order chi connectivity index (χ0) is 12.5. The molecule has 0 saturated heterocycles. The number of halogens is 1. The molecule has 5 heteroatoms. The summed E-state index contributed by atoms with van der Waals surface area (Å²) >= 11 is 5.96. The first-order valence-corrected chi connectivity index (χ1v) is 6.55. The molecule has 2 rings (SSSR count). The van der Waals surface area contributed by atoms with Crippen molar-refractivity contribution in [3.63, 3.8) is 0 Å². The highest BCUT2D eigenvalue weighted by Crippen LogP contribution is 2.37. The third-order valence-electron chi connectivity index (χ3n) is 4.01. The lowest BCUT2D eigenvalue weighted by Gasteiger charge is -2.28. The van der Waals surface area contributed by atoms with E-state index >= 15 is 0 Å². The Bertz CT molecular complexity index is 393. The molecule has 0 aromatic carbocycles. The maximum Gasteiger partial charge on any atom is 0.0814 e. The summed E-state index contributed by atoms with van der Waals surface area (Å²) in [5, 5.41) is 15.3. The van der Waals surface area contributed by atoms with Gasteiger partial charge in [-0.1, -0.05) is 18.0 Å². The van der Waals surface area contributed by atoms with Crippen LogP contribution in [0.5, 0.6) is 0 Å². The summed E-state index contributed by atoms with van der Waals surface area (Å²) in [4.78, 5) is 0. The zero-order valence-electron chi connectivity index (χ0n) is 10.2. The first kappa shape index (κ1) is 12.9. The number of nitrogens with two attached hydrogens (primary N) is 1. The highest BCUT2D eigenvalue weighted by molar-refractivity contribution is 6.31. The predicted molar refractivity (Wildman–Crippen MR) is 67.9 cm³/mol. The van der Waals surface area contributed by atoms with Crippen LogP contribution in [0.2, 0.25) is 5.02 Å². The maximum atomic E-state index is 10.3. The second kappa shape index (κ2) is 4.96. The highest BCUT2D eigenvalue weighted by Gasteiger charge is 2.39. The van der Waals surface area contributed by atoms with E-state index in [1.54, 1.807) is 6.20 Å². The molecule has 1 aliphatic rings. The van der Waals surface area contributed by atoms with Gasteiger partial charge in [0.1, 0.15) is 0 Å². The Labute approximate surface area is 107 Å². The van der Waals surface area contributed by atoms with Crippen molar-refractivity contribution in [3.8, 4) is 0 Å². The molecule has 96 valence electrons. The molecule has 4 nitrogen and oxygen atoms in total. The Morgan fingerprint density at radius 1 is 1.71 bits per heavy atom. The van der Waals surface area contributed by atoms with Gasteiger partial charge in [-0.3, -0.25) is 4.68 Å². The summed E-state index contributed by atoms with van der Waals surface area (Å²) in [6.07, 6.45) is 5.53. The largest absolute Gasteiger partial charge is 0.388 e. The van der Waals surface area contributed by atoms with Crippen LogP contribution >= 0.6 is 11.6 Å². The topological polar surface area (TPSA) is 64.1 Å². The number of hydrogen-bond acceptors (Lipinski definition) is 3. The van der Waals surface area contributed by atoms with Gasteiger partial charge in [-0.25, -0.2) is 0 Å². The molecule has 1 fully saturated rings. The average molecular weight is 258 g/mol. The molecule has 0 spiro atoms. The van der Waals surface area contributed by atoms with Gasteiger partial charge in [-0.15, -0.1) is 0 Å². The van der Waals surface area contributed by atoms with Crippen molar-refractivity contribution in [2.24, 2.45) is 11.7 Å². The van der Waals surface area contributed by atoms with E-state index in [1.807, 2.05) is 11.6 Å². The van der Waals surface area contributed by atoms with Crippen molar-refractivity contribution in [1.29, 1.82) is 0 Å². The molecular weight excluding hydrogens is 238 g/mol. The molecular formula is C12H20ClN3O. The van der Waals surface area contributed by atoms with E-state index in [-0.39, 0.29) is 5.92 Å². The average Bonchev–Trinajstić information content (AvgIpc) is 2.84. The van der Waals surface area contributed by atoms with Gasteiger partial charge in [0, 0.05) is 13.1 Å². The van der Waals surface area contributed by atoms with E-state index in [0.717, 1.165) is 37.9 Å². The smallest absolute Gasteiger partial charge is 0.0814 e. The van der Waals surface area contributed by atoms with Crippen molar-refractivity contribution in [2.75, 3.05) is 6.54 Å². The van der Waals surface area contributed by atoms with Crippen molar-refractivity contribution < 1.29 is 5.11 Å². The Balaban J connectivity index is 1.96. The SMILES string of the molecule is Cc1c(Cl)cnn1CCC1CCCC1(O)CN. The van der Waals surface area contributed by atoms with Gasteiger partial charge in [0.25, 0.3) is 0 Å². The quantitative estimate of drug-likeness (QED) is 0.863. The Morgan fingerprint density at radius 3 is 3.06 bits per heavy atom. The summed E-state index contributed by atoms with van der Waals surface area (Å²) in [6, 6.07) is 0. The van der Waals surface area contributed by atoms with Crippen molar-refractivity contribution in [3.05, 3.63) is 16.9 Å². The van der Waals surface area contributed by atoms with Crippen molar-refractivity contribution in [1.82, 2.24) is 9.78 Å². The standard InChI is InChI=1S/C12H20ClN3O/c1-9-11(13)7-15-16(9)6-4-10-3-2-5-12(10,17)8-14/h7,10,17H,2-6,8,14H2,1H3. The number of hydrogen-bond donors (Lipinski definition) is 2. The molecule has 0 radical (unpaired) electrons. The third kappa shape index (κ3) is 2.49. The summed E-state index contributed by atoms with van der Waals surface area (Å²) in [7, 11) is 0. The second-order valence-electron chi connectivity index (χ2n) is 4.99. The van der Waals surface area contributed by atoms with Gasteiger partial charge in [-0.05, 0) is 32.1 Å². The number of aliphatic hydroxyl groups is 1. The van der Waals surface area contributed by atoms with Crippen molar-refractivity contribution >= 4 is 11.6 Å². The summed E-state index contributed by atoms with van der Waals surface area (Å²) in [6.45, 7) is 3.11. The van der Waals surface area contributed by atoms with Gasteiger partial charge in [0.15, 0.2) is 0 Å². The van der Waals surface area contributed by atoms with Crippen LogP contribution < -0.4 is 5.73 Å². The minimum atomic E-state index is -0.662. The van der Waals surface area contributed by atoms with E-state index in [2.05, 4.69) is 5.10 Å². The van der Waals surface area contributed by atoms with E-state index in [9.17, 15) is 5.11 Å². The van der Waals surface area contributed by atoms with E-state index in [0.29, 0.717) is 11.6 Å². The lowest BCUT2D eigenvalue weighted by molar-refractivity contribution is 0.00623. The molecule has 1 aromatic heterocycles. The van der Waals surface area contributed by atoms with Crippen LogP contribution in [0.1, 0.15) is 31.4 Å². The third-order valence-corrected chi connectivity index (χ3v) is 4.38. The number of aromatic nitrogens is 2. The number of rotatable bonds is 4. The van der Waals surface area contributed by atoms with Crippen LogP contribution in [0, 0.1) is 12.8 Å². The molecule has 1 heterocycles. The molecule has 0 amide bonds. The van der Waals surface area contributed by atoms with Gasteiger partial charge < -0.3 is 10.8 Å². The number of nitrogens with zero attached hydrogens (tertiary/aromatic N) is 2. The summed E-state index contributed by atoms with van der Waals surface area (Å²) in [5.74, 6) is 0.287. The van der Waals surface area contributed by atoms with Crippen LogP contribution in [0.3, 0.4) is 0 Å². The highest BCUT2D eigenvalue weighted by atomic mass is 35.5. The molecule has 1 aliphatic carbocycles. The Hall–Kier alpha value is -0.580. The maximum absolute atomic E-state index is 10.3. The van der Waals surface area contributed by atoms with Crippen molar-refractivity contribution in [2.45, 2.75) is 44.8 Å². The zero-order valence-corrected chi connectivity index (χ0v) is 11.0. The fourth-order valence-corrected chi connectivity index (χ4v) is 2.88. The fraction of sp³-hybridized carbons (Fsp3) is 0.750.